The fourth-order valence-corrected chi connectivity index (χ4v) is 1.58. The highest BCUT2D eigenvalue weighted by molar-refractivity contribution is 5.26. The fraction of sp³-hybridized carbons (Fsp3) is 0.500. The van der Waals surface area contributed by atoms with Crippen LogP contribution in [0.2, 0.25) is 0 Å². The van der Waals surface area contributed by atoms with Crippen LogP contribution in [-0.4, -0.2) is 26.4 Å². The van der Waals surface area contributed by atoms with E-state index in [0.29, 0.717) is 12.7 Å². The van der Waals surface area contributed by atoms with E-state index in [1.165, 1.54) is 11.1 Å². The lowest BCUT2D eigenvalue weighted by Gasteiger charge is -2.26. The molecule has 1 aromatic carbocycles. The van der Waals surface area contributed by atoms with E-state index in [2.05, 4.69) is 29.6 Å². The van der Waals surface area contributed by atoms with Crippen LogP contribution in [0.5, 0.6) is 0 Å². The quantitative estimate of drug-likeness (QED) is 0.790. The average Bonchev–Trinajstić information content (AvgIpc) is 2.18. The van der Waals surface area contributed by atoms with Crippen LogP contribution in [0, 0.1) is 0 Å². The fourth-order valence-electron chi connectivity index (χ4n) is 1.58. The van der Waals surface area contributed by atoms with Crippen molar-refractivity contribution in [2.75, 3.05) is 20.3 Å². The van der Waals surface area contributed by atoms with Crippen molar-refractivity contribution in [2.45, 2.75) is 19.3 Å². The molecule has 1 heterocycles. The van der Waals surface area contributed by atoms with E-state index >= 15 is 0 Å². The van der Waals surface area contributed by atoms with E-state index in [4.69, 9.17) is 9.47 Å². The smallest absolute Gasteiger partial charge is 0.105 e. The third-order valence-corrected chi connectivity index (χ3v) is 2.57. The minimum absolute atomic E-state index is 0.299. The SMILES string of the molecule is CNCc1ccccc1COC1COC1. The minimum Gasteiger partial charge on any atom is -0.376 e. The monoisotopic (exact) mass is 207 g/mol. The molecule has 1 aliphatic rings. The van der Waals surface area contributed by atoms with E-state index in [-0.39, 0.29) is 0 Å². The molecule has 1 aromatic rings. The van der Waals surface area contributed by atoms with E-state index in [1.807, 2.05) is 7.05 Å². The van der Waals surface area contributed by atoms with Crippen LogP contribution in [0.4, 0.5) is 0 Å². The van der Waals surface area contributed by atoms with Gasteiger partial charge in [0.2, 0.25) is 0 Å². The number of rotatable bonds is 5. The van der Waals surface area contributed by atoms with Crippen LogP contribution in [0.25, 0.3) is 0 Å². The van der Waals surface area contributed by atoms with Gasteiger partial charge in [0.25, 0.3) is 0 Å². The van der Waals surface area contributed by atoms with Gasteiger partial charge in [-0.05, 0) is 18.2 Å². The number of nitrogens with one attached hydrogen (secondary N) is 1. The van der Waals surface area contributed by atoms with Gasteiger partial charge in [-0.15, -0.1) is 0 Å². The van der Waals surface area contributed by atoms with Crippen molar-refractivity contribution in [3.8, 4) is 0 Å². The minimum atomic E-state index is 0.299. The predicted molar refractivity (Wildman–Crippen MR) is 58.6 cm³/mol. The molecule has 2 rings (SSSR count). The molecular formula is C12H17NO2. The normalized spacial score (nSPS) is 16.3. The second-order valence-electron chi connectivity index (χ2n) is 3.77. The van der Waals surface area contributed by atoms with Crippen molar-refractivity contribution >= 4 is 0 Å². The van der Waals surface area contributed by atoms with Crippen LogP contribution in [-0.2, 0) is 22.6 Å². The van der Waals surface area contributed by atoms with Crippen molar-refractivity contribution in [1.29, 1.82) is 0 Å². The van der Waals surface area contributed by atoms with Crippen molar-refractivity contribution < 1.29 is 9.47 Å². The Hall–Kier alpha value is -0.900. The highest BCUT2D eigenvalue weighted by Gasteiger charge is 2.18. The summed E-state index contributed by atoms with van der Waals surface area (Å²) in [6.45, 7) is 3.06. The molecule has 82 valence electrons. The van der Waals surface area contributed by atoms with Crippen LogP contribution in [0.3, 0.4) is 0 Å². The summed E-state index contributed by atoms with van der Waals surface area (Å²) in [5.41, 5.74) is 2.57. The molecule has 0 atom stereocenters. The Labute approximate surface area is 90.4 Å². The lowest BCUT2D eigenvalue weighted by atomic mass is 10.1. The summed E-state index contributed by atoms with van der Waals surface area (Å²) in [6.07, 6.45) is 0.299. The van der Waals surface area contributed by atoms with E-state index in [1.54, 1.807) is 0 Å². The van der Waals surface area contributed by atoms with Crippen LogP contribution in [0.1, 0.15) is 11.1 Å². The van der Waals surface area contributed by atoms with Gasteiger partial charge < -0.3 is 14.8 Å². The summed E-state index contributed by atoms with van der Waals surface area (Å²) in [4.78, 5) is 0. The molecule has 3 nitrogen and oxygen atoms in total. The second-order valence-corrected chi connectivity index (χ2v) is 3.77. The standard InChI is InChI=1S/C12H17NO2/c1-13-6-10-4-2-3-5-11(10)7-15-12-8-14-9-12/h2-5,12-13H,6-9H2,1H3. The molecule has 0 aromatic heterocycles. The zero-order valence-electron chi connectivity index (χ0n) is 9.03. The number of ether oxygens (including phenoxy) is 2. The third-order valence-electron chi connectivity index (χ3n) is 2.57. The van der Waals surface area contributed by atoms with E-state index in [9.17, 15) is 0 Å². The van der Waals surface area contributed by atoms with Crippen LogP contribution < -0.4 is 5.32 Å². The molecule has 0 spiro atoms. The van der Waals surface area contributed by atoms with Gasteiger partial charge in [-0.25, -0.2) is 0 Å². The maximum absolute atomic E-state index is 5.70. The molecule has 0 bridgehead atoms. The van der Waals surface area contributed by atoms with Crippen LogP contribution in [0.15, 0.2) is 24.3 Å². The molecule has 0 unspecified atom stereocenters. The highest BCUT2D eigenvalue weighted by Crippen LogP contribution is 2.13. The van der Waals surface area contributed by atoms with Crippen molar-refractivity contribution in [2.24, 2.45) is 0 Å². The average molecular weight is 207 g/mol. The number of hydrogen-bond donors (Lipinski definition) is 1. The molecule has 1 saturated heterocycles. The topological polar surface area (TPSA) is 30.5 Å². The van der Waals surface area contributed by atoms with Gasteiger partial charge >= 0.3 is 0 Å². The summed E-state index contributed by atoms with van der Waals surface area (Å²) < 4.78 is 10.8. The Morgan fingerprint density at radius 3 is 2.67 bits per heavy atom. The third kappa shape index (κ3) is 2.78. The second kappa shape index (κ2) is 5.26. The molecule has 3 heteroatoms. The Kier molecular flexibility index (Phi) is 3.72. The zero-order valence-corrected chi connectivity index (χ0v) is 9.03. The number of benzene rings is 1. The lowest BCUT2D eigenvalue weighted by Crippen LogP contribution is -2.35. The van der Waals surface area contributed by atoms with Gasteiger partial charge in [-0.3, -0.25) is 0 Å². The molecule has 0 radical (unpaired) electrons. The Bertz CT molecular complexity index is 310. The number of hydrogen-bond acceptors (Lipinski definition) is 3. The summed E-state index contributed by atoms with van der Waals surface area (Å²) in [5, 5.41) is 3.16. The molecular weight excluding hydrogens is 190 g/mol. The molecule has 0 aliphatic carbocycles. The Morgan fingerprint density at radius 1 is 1.33 bits per heavy atom. The first-order valence-corrected chi connectivity index (χ1v) is 5.31. The van der Waals surface area contributed by atoms with Gasteiger partial charge in [0.1, 0.15) is 6.10 Å². The Balaban J connectivity index is 1.92. The van der Waals surface area contributed by atoms with Gasteiger partial charge in [-0.2, -0.15) is 0 Å². The summed E-state index contributed by atoms with van der Waals surface area (Å²) in [5.74, 6) is 0. The van der Waals surface area contributed by atoms with Gasteiger partial charge in [0.05, 0.1) is 19.8 Å². The highest BCUT2D eigenvalue weighted by atomic mass is 16.6. The zero-order chi connectivity index (χ0) is 10.5. The summed E-state index contributed by atoms with van der Waals surface area (Å²) >= 11 is 0. The van der Waals surface area contributed by atoms with Gasteiger partial charge in [-0.1, -0.05) is 24.3 Å². The van der Waals surface area contributed by atoms with E-state index < -0.39 is 0 Å². The van der Waals surface area contributed by atoms with E-state index in [0.717, 1.165) is 19.8 Å². The summed E-state index contributed by atoms with van der Waals surface area (Å²) in [7, 11) is 1.96. The van der Waals surface area contributed by atoms with Crippen molar-refractivity contribution in [3.05, 3.63) is 35.4 Å². The molecule has 0 saturated carbocycles. The first-order chi connectivity index (χ1) is 7.40. The maximum atomic E-state index is 5.70. The van der Waals surface area contributed by atoms with Gasteiger partial charge in [0, 0.05) is 6.54 Å². The molecule has 0 amide bonds. The largest absolute Gasteiger partial charge is 0.376 e. The first kappa shape index (κ1) is 10.6. The molecule has 1 aliphatic heterocycles. The molecule has 1 N–H and O–H groups in total. The van der Waals surface area contributed by atoms with Gasteiger partial charge in [0.15, 0.2) is 0 Å². The summed E-state index contributed by atoms with van der Waals surface area (Å²) in [6, 6.07) is 8.36. The van der Waals surface area contributed by atoms with Crippen LogP contribution >= 0.6 is 0 Å². The first-order valence-electron chi connectivity index (χ1n) is 5.31. The maximum Gasteiger partial charge on any atom is 0.105 e. The van der Waals surface area contributed by atoms with Crippen molar-refractivity contribution in [3.63, 3.8) is 0 Å². The Morgan fingerprint density at radius 2 is 2.07 bits per heavy atom. The predicted octanol–water partition coefficient (Wildman–Crippen LogP) is 1.32. The molecule has 15 heavy (non-hydrogen) atoms. The lowest BCUT2D eigenvalue weighted by molar-refractivity contribution is -0.135. The van der Waals surface area contributed by atoms with Crippen molar-refractivity contribution in [1.82, 2.24) is 5.32 Å². The molecule has 1 fully saturated rings.